The van der Waals surface area contributed by atoms with Gasteiger partial charge in [-0.3, -0.25) is 14.4 Å². The monoisotopic (exact) mass is 626 g/mol. The summed E-state index contributed by atoms with van der Waals surface area (Å²) in [5.41, 5.74) is -0.277. The molecule has 6 atom stereocenters. The average Bonchev–Trinajstić information content (AvgIpc) is 3.21. The van der Waals surface area contributed by atoms with E-state index >= 15 is 8.78 Å². The first-order valence-electron chi connectivity index (χ1n) is 13.9. The van der Waals surface area contributed by atoms with Crippen LogP contribution in [0.2, 0.25) is 0 Å². The van der Waals surface area contributed by atoms with Gasteiger partial charge < -0.3 is 20.6 Å². The van der Waals surface area contributed by atoms with E-state index in [2.05, 4.69) is 26.6 Å². The van der Waals surface area contributed by atoms with Crippen molar-refractivity contribution in [3.63, 3.8) is 0 Å². The molecule has 1 saturated carbocycles. The van der Waals surface area contributed by atoms with E-state index in [9.17, 15) is 24.8 Å². The molecule has 3 N–H and O–H groups in total. The highest BCUT2D eigenvalue weighted by atomic mass is 79.9. The number of nitrogens with zero attached hydrogens (tertiary/aromatic N) is 2. The third-order valence-corrected chi connectivity index (χ3v) is 9.61. The number of rotatable bonds is 5. The van der Waals surface area contributed by atoms with Gasteiger partial charge in [0.25, 0.3) is 11.8 Å². The molecule has 3 amide bonds. The van der Waals surface area contributed by atoms with Crippen molar-refractivity contribution in [2.45, 2.75) is 68.2 Å². The molecule has 8 nitrogen and oxygen atoms in total. The second kappa shape index (κ2) is 10.2. The number of halogens is 3. The summed E-state index contributed by atoms with van der Waals surface area (Å²) in [6.07, 6.45) is 1.01. The second-order valence-electron chi connectivity index (χ2n) is 11.5. The van der Waals surface area contributed by atoms with Crippen LogP contribution in [0.15, 0.2) is 46.9 Å². The Labute approximate surface area is 244 Å². The minimum absolute atomic E-state index is 0.0267. The quantitative estimate of drug-likeness (QED) is 0.468. The Hall–Kier alpha value is -3.36. The molecule has 0 radical (unpaired) electrons. The minimum atomic E-state index is -3.20. The molecule has 5 aliphatic rings. The molecule has 11 heteroatoms. The molecule has 7 rings (SSSR count). The largest absolute Gasteiger partial charge is 0.372 e. The van der Waals surface area contributed by atoms with Gasteiger partial charge in [0.05, 0.1) is 12.0 Å². The molecule has 4 fully saturated rings. The predicted molar refractivity (Wildman–Crippen MR) is 147 cm³/mol. The molecule has 0 unspecified atom stereocenters. The molecule has 3 aliphatic heterocycles. The van der Waals surface area contributed by atoms with Crippen LogP contribution in [0.5, 0.6) is 0 Å². The van der Waals surface area contributed by atoms with Crippen molar-refractivity contribution < 1.29 is 28.3 Å². The van der Waals surface area contributed by atoms with E-state index in [1.54, 1.807) is 42.5 Å². The molecule has 2 bridgehead atoms. The van der Waals surface area contributed by atoms with Gasteiger partial charge in [-0.15, -0.1) is 0 Å². The Balaban J connectivity index is 1.36. The summed E-state index contributed by atoms with van der Waals surface area (Å²) in [7, 11) is 0. The standard InChI is InChI=1S/C30H29BrF2N4O4/c31-17-7-9-21-20-5-1-2-6-22(20)30(41,24(21)13-17)28(40)37-19-8-10-23(29(32,33)14-19)25(37)27(39)36-18(15-34)12-16-4-3-11-35-26(16)38/h1-2,5-7,9,13,16,18-19,23,25,41H,3-4,8,10-12,14H2,(H,35,38)(H,36,39)/t16-,18+,19-,23-,25-,30-/m0/s1. The van der Waals surface area contributed by atoms with Gasteiger partial charge >= 0.3 is 0 Å². The third-order valence-electron chi connectivity index (χ3n) is 9.12. The van der Waals surface area contributed by atoms with E-state index in [1.165, 1.54) is 0 Å². The number of benzene rings is 2. The van der Waals surface area contributed by atoms with E-state index in [0.717, 1.165) is 11.3 Å². The lowest BCUT2D eigenvalue weighted by Gasteiger charge is -2.54. The first-order chi connectivity index (χ1) is 19.6. The number of alkyl halides is 2. The van der Waals surface area contributed by atoms with E-state index < -0.39 is 59.7 Å². The lowest BCUT2D eigenvalue weighted by Crippen LogP contribution is -2.70. The number of fused-ring (bicyclic) bond motifs is 6. The van der Waals surface area contributed by atoms with Crippen molar-refractivity contribution in [3.05, 3.63) is 58.1 Å². The number of aliphatic hydroxyl groups is 1. The fraction of sp³-hybridized carbons (Fsp3) is 0.467. The van der Waals surface area contributed by atoms with Crippen LogP contribution in [0.4, 0.5) is 8.78 Å². The normalized spacial score (nSPS) is 30.0. The molecule has 2 aliphatic carbocycles. The van der Waals surface area contributed by atoms with Gasteiger partial charge in [-0.25, -0.2) is 8.78 Å². The average molecular weight is 627 g/mol. The third kappa shape index (κ3) is 4.43. The van der Waals surface area contributed by atoms with Crippen molar-refractivity contribution in [2.75, 3.05) is 6.54 Å². The van der Waals surface area contributed by atoms with Crippen molar-refractivity contribution in [1.82, 2.24) is 15.5 Å². The highest BCUT2D eigenvalue weighted by Crippen LogP contribution is 2.54. The van der Waals surface area contributed by atoms with Gasteiger partial charge in [0, 0.05) is 40.5 Å². The lowest BCUT2D eigenvalue weighted by atomic mass is 9.70. The zero-order valence-corrected chi connectivity index (χ0v) is 23.7. The van der Waals surface area contributed by atoms with Crippen molar-refractivity contribution >= 4 is 33.7 Å². The van der Waals surface area contributed by atoms with E-state index in [0.29, 0.717) is 39.7 Å². The van der Waals surface area contributed by atoms with Crippen LogP contribution in [0, 0.1) is 23.2 Å². The molecular weight excluding hydrogens is 598 g/mol. The summed E-state index contributed by atoms with van der Waals surface area (Å²) < 4.78 is 31.2. The fourth-order valence-corrected chi connectivity index (χ4v) is 7.55. The first-order valence-corrected chi connectivity index (χ1v) is 14.7. The zero-order chi connectivity index (χ0) is 29.1. The van der Waals surface area contributed by atoms with E-state index in [4.69, 9.17) is 0 Å². The molecule has 41 heavy (non-hydrogen) atoms. The summed E-state index contributed by atoms with van der Waals surface area (Å²) in [4.78, 5) is 41.7. The maximum atomic E-state index is 15.3. The summed E-state index contributed by atoms with van der Waals surface area (Å²) in [6.45, 7) is 0.544. The smallest absolute Gasteiger partial charge is 0.264 e. The number of carbonyl (C=O) groups excluding carboxylic acids is 3. The summed E-state index contributed by atoms with van der Waals surface area (Å²) in [5, 5.41) is 27.3. The SMILES string of the molecule is N#C[C@@H](C[C@@H]1CCCNC1=O)NC(=O)[C@@H]1[C@@H]2CC[C@@H](CC2(F)F)N1C(=O)[C@]1(O)c2ccccc2-c2ccc(Br)cc21. The molecule has 3 heterocycles. The van der Waals surface area contributed by atoms with Gasteiger partial charge in [0.2, 0.25) is 11.8 Å². The highest BCUT2D eigenvalue weighted by molar-refractivity contribution is 9.10. The van der Waals surface area contributed by atoms with Crippen LogP contribution in [-0.4, -0.2) is 58.3 Å². The molecule has 0 spiro atoms. The van der Waals surface area contributed by atoms with Crippen LogP contribution >= 0.6 is 15.9 Å². The van der Waals surface area contributed by atoms with Crippen LogP contribution < -0.4 is 10.6 Å². The van der Waals surface area contributed by atoms with E-state index in [-0.39, 0.29) is 25.2 Å². The zero-order valence-electron chi connectivity index (χ0n) is 22.1. The number of nitriles is 1. The second-order valence-corrected chi connectivity index (χ2v) is 12.4. The van der Waals surface area contributed by atoms with E-state index in [1.807, 2.05) is 6.07 Å². The molecule has 3 saturated heterocycles. The molecule has 0 aromatic heterocycles. The Kier molecular flexibility index (Phi) is 6.90. The first kappa shape index (κ1) is 27.8. The van der Waals surface area contributed by atoms with Gasteiger partial charge in [0.1, 0.15) is 12.1 Å². The number of hydrogen-bond donors (Lipinski definition) is 3. The Morgan fingerprint density at radius 3 is 2.66 bits per heavy atom. The van der Waals surface area contributed by atoms with Crippen LogP contribution in [0.3, 0.4) is 0 Å². The lowest BCUT2D eigenvalue weighted by molar-refractivity contribution is -0.201. The number of nitrogens with one attached hydrogen (secondary N) is 2. The minimum Gasteiger partial charge on any atom is -0.372 e. The highest BCUT2D eigenvalue weighted by Gasteiger charge is 2.63. The summed E-state index contributed by atoms with van der Waals surface area (Å²) in [5.74, 6) is -7.09. The topological polar surface area (TPSA) is 123 Å². The number of hydrogen-bond acceptors (Lipinski definition) is 5. The van der Waals surface area contributed by atoms with Gasteiger partial charge in [-0.1, -0.05) is 46.3 Å². The molecule has 2 aromatic rings. The Bertz CT molecular complexity index is 1480. The number of carbonyl (C=O) groups is 3. The maximum Gasteiger partial charge on any atom is 0.264 e. The Morgan fingerprint density at radius 1 is 1.17 bits per heavy atom. The van der Waals surface area contributed by atoms with Crippen molar-refractivity contribution in [3.8, 4) is 17.2 Å². The summed E-state index contributed by atoms with van der Waals surface area (Å²) >= 11 is 3.41. The van der Waals surface area contributed by atoms with Crippen LogP contribution in [0.1, 0.15) is 49.7 Å². The van der Waals surface area contributed by atoms with Crippen molar-refractivity contribution in [1.29, 1.82) is 5.26 Å². The molecular formula is C30H29BrF2N4O4. The van der Waals surface area contributed by atoms with Gasteiger partial charge in [0.15, 0.2) is 5.60 Å². The number of amides is 3. The van der Waals surface area contributed by atoms with Crippen LogP contribution in [0.25, 0.3) is 11.1 Å². The molecule has 2 aromatic carbocycles. The predicted octanol–water partition coefficient (Wildman–Crippen LogP) is 3.60. The van der Waals surface area contributed by atoms with Gasteiger partial charge in [-0.2, -0.15) is 5.26 Å². The van der Waals surface area contributed by atoms with Crippen molar-refractivity contribution in [2.24, 2.45) is 11.8 Å². The molecule has 214 valence electrons. The Morgan fingerprint density at radius 2 is 1.93 bits per heavy atom. The number of piperidine rings is 3. The maximum absolute atomic E-state index is 15.3. The van der Waals surface area contributed by atoms with Crippen LogP contribution in [-0.2, 0) is 20.0 Å². The summed E-state index contributed by atoms with van der Waals surface area (Å²) in [6, 6.07) is 10.4. The fourth-order valence-electron chi connectivity index (χ4n) is 7.19. The van der Waals surface area contributed by atoms with Gasteiger partial charge in [-0.05, 0) is 55.4 Å².